The van der Waals surface area contributed by atoms with Gasteiger partial charge in [0.1, 0.15) is 5.82 Å². The first kappa shape index (κ1) is 19.2. The fourth-order valence-corrected chi connectivity index (χ4v) is 2.87. The first-order valence-electron chi connectivity index (χ1n) is 8.38. The van der Waals surface area contributed by atoms with Crippen LogP contribution in [0.4, 0.5) is 5.82 Å². The molecule has 25 heavy (non-hydrogen) atoms. The monoisotopic (exact) mass is 361 g/mol. The Bertz CT molecular complexity index is 731. The van der Waals surface area contributed by atoms with E-state index in [-0.39, 0.29) is 5.91 Å². The van der Waals surface area contributed by atoms with Crippen molar-refractivity contribution in [2.24, 2.45) is 0 Å². The third-order valence-corrected chi connectivity index (χ3v) is 4.25. The average molecular weight is 362 g/mol. The summed E-state index contributed by atoms with van der Waals surface area (Å²) < 4.78 is 4.78. The number of carbonyl (C=O) groups excluding carboxylic acids is 1. The van der Waals surface area contributed by atoms with Gasteiger partial charge >= 0.3 is 0 Å². The number of hydrogen-bond acceptors (Lipinski definition) is 4. The molecule has 1 aliphatic rings. The third kappa shape index (κ3) is 4.94. The van der Waals surface area contributed by atoms with Gasteiger partial charge in [0, 0.05) is 37.6 Å². The molecule has 0 radical (unpaired) electrons. The number of methoxy groups -OCH3 is 1. The van der Waals surface area contributed by atoms with Gasteiger partial charge in [-0.05, 0) is 36.1 Å². The van der Waals surface area contributed by atoms with Crippen LogP contribution in [0.5, 0.6) is 0 Å². The molecular formula is C19H24ClN3O2. The smallest absolute Gasteiger partial charge is 0.251 e. The van der Waals surface area contributed by atoms with Crippen LogP contribution in [0.15, 0.2) is 30.5 Å². The van der Waals surface area contributed by atoms with Gasteiger partial charge in [-0.1, -0.05) is 37.1 Å². The van der Waals surface area contributed by atoms with Crippen molar-refractivity contribution >= 4 is 23.3 Å². The molecule has 1 aromatic carbocycles. The largest absolute Gasteiger partial charge is 0.385 e. The number of rotatable bonds is 4. The van der Waals surface area contributed by atoms with Gasteiger partial charge in [-0.25, -0.2) is 4.98 Å². The SMILES string of the molecule is CCCCOC.Nc1cc(-c2cccc3c2CCNC3=O)c(Cl)cn1. The van der Waals surface area contributed by atoms with Crippen LogP contribution in [-0.2, 0) is 11.2 Å². The molecule has 0 unspecified atom stereocenters. The predicted molar refractivity (Wildman–Crippen MR) is 102 cm³/mol. The van der Waals surface area contributed by atoms with Gasteiger partial charge in [-0.15, -0.1) is 0 Å². The minimum atomic E-state index is -0.0405. The van der Waals surface area contributed by atoms with Crippen molar-refractivity contribution in [1.82, 2.24) is 10.3 Å². The maximum absolute atomic E-state index is 11.8. The number of anilines is 1. The molecule has 3 N–H and O–H groups in total. The van der Waals surface area contributed by atoms with Gasteiger partial charge in [0.15, 0.2) is 0 Å². The Labute approximate surface area is 153 Å². The molecule has 6 heteroatoms. The zero-order valence-corrected chi connectivity index (χ0v) is 15.4. The van der Waals surface area contributed by atoms with E-state index in [2.05, 4.69) is 17.2 Å². The maximum atomic E-state index is 11.8. The molecular weight excluding hydrogens is 338 g/mol. The van der Waals surface area contributed by atoms with Crippen molar-refractivity contribution in [3.8, 4) is 11.1 Å². The first-order chi connectivity index (χ1) is 12.1. The Morgan fingerprint density at radius 2 is 2.08 bits per heavy atom. The van der Waals surface area contributed by atoms with Crippen molar-refractivity contribution < 1.29 is 9.53 Å². The van der Waals surface area contributed by atoms with E-state index in [1.165, 1.54) is 19.0 Å². The van der Waals surface area contributed by atoms with Crippen LogP contribution in [0.3, 0.4) is 0 Å². The summed E-state index contributed by atoms with van der Waals surface area (Å²) in [7, 11) is 1.73. The molecule has 1 amide bonds. The number of carbonyl (C=O) groups is 1. The summed E-state index contributed by atoms with van der Waals surface area (Å²) in [6, 6.07) is 7.38. The molecule has 134 valence electrons. The van der Waals surface area contributed by atoms with Gasteiger partial charge in [-0.2, -0.15) is 0 Å². The first-order valence-corrected chi connectivity index (χ1v) is 8.76. The van der Waals surface area contributed by atoms with Gasteiger partial charge < -0.3 is 15.8 Å². The van der Waals surface area contributed by atoms with Crippen LogP contribution >= 0.6 is 11.6 Å². The number of aromatic nitrogens is 1. The summed E-state index contributed by atoms with van der Waals surface area (Å²) in [4.78, 5) is 15.8. The second-order valence-electron chi connectivity index (χ2n) is 5.77. The zero-order valence-electron chi connectivity index (χ0n) is 14.6. The highest BCUT2D eigenvalue weighted by molar-refractivity contribution is 6.33. The van der Waals surface area contributed by atoms with E-state index in [0.29, 0.717) is 22.9 Å². The minimum absolute atomic E-state index is 0.0405. The van der Waals surface area contributed by atoms with Gasteiger partial charge in [-0.3, -0.25) is 4.79 Å². The van der Waals surface area contributed by atoms with Crippen molar-refractivity contribution in [2.45, 2.75) is 26.2 Å². The number of amides is 1. The molecule has 0 aliphatic carbocycles. The Hall–Kier alpha value is -2.11. The fraction of sp³-hybridized carbons (Fsp3) is 0.368. The van der Waals surface area contributed by atoms with E-state index in [9.17, 15) is 4.79 Å². The number of ether oxygens (including phenoxy) is 1. The van der Waals surface area contributed by atoms with E-state index in [1.807, 2.05) is 18.2 Å². The number of benzene rings is 1. The lowest BCUT2D eigenvalue weighted by Crippen LogP contribution is -2.32. The van der Waals surface area contributed by atoms with Crippen LogP contribution in [-0.4, -0.2) is 31.2 Å². The number of unbranched alkanes of at least 4 members (excludes halogenated alkanes) is 1. The average Bonchev–Trinajstić information content (AvgIpc) is 2.62. The zero-order chi connectivity index (χ0) is 18.2. The number of nitrogens with two attached hydrogens (primary N) is 1. The van der Waals surface area contributed by atoms with Crippen molar-refractivity contribution in [2.75, 3.05) is 26.0 Å². The van der Waals surface area contributed by atoms with E-state index in [1.54, 1.807) is 13.2 Å². The molecule has 0 spiro atoms. The minimum Gasteiger partial charge on any atom is -0.385 e. The highest BCUT2D eigenvalue weighted by atomic mass is 35.5. The van der Waals surface area contributed by atoms with Crippen LogP contribution in [0.2, 0.25) is 5.02 Å². The second-order valence-corrected chi connectivity index (χ2v) is 6.18. The van der Waals surface area contributed by atoms with E-state index >= 15 is 0 Å². The molecule has 3 rings (SSSR count). The maximum Gasteiger partial charge on any atom is 0.251 e. The quantitative estimate of drug-likeness (QED) is 0.814. The topological polar surface area (TPSA) is 77.2 Å². The number of fused-ring (bicyclic) bond motifs is 1. The van der Waals surface area contributed by atoms with Gasteiger partial charge in [0.25, 0.3) is 5.91 Å². The van der Waals surface area contributed by atoms with Gasteiger partial charge in [0.05, 0.1) is 5.02 Å². The number of hydrogen-bond donors (Lipinski definition) is 2. The normalized spacial score (nSPS) is 12.7. The number of halogens is 1. The number of nitrogen functional groups attached to an aromatic ring is 1. The molecule has 1 aliphatic heterocycles. The summed E-state index contributed by atoms with van der Waals surface area (Å²) in [5.41, 5.74) is 9.21. The summed E-state index contributed by atoms with van der Waals surface area (Å²) in [5, 5.41) is 3.37. The van der Waals surface area contributed by atoms with Crippen LogP contribution < -0.4 is 11.1 Å². The molecule has 0 saturated carbocycles. The van der Waals surface area contributed by atoms with Crippen LogP contribution in [0.25, 0.3) is 11.1 Å². The lowest BCUT2D eigenvalue weighted by molar-refractivity contribution is 0.0946. The molecule has 2 heterocycles. The molecule has 0 bridgehead atoms. The summed E-state index contributed by atoms with van der Waals surface area (Å²) in [5.74, 6) is 0.374. The van der Waals surface area contributed by atoms with Gasteiger partial charge in [0.2, 0.25) is 0 Å². The molecule has 0 saturated heterocycles. The van der Waals surface area contributed by atoms with E-state index in [4.69, 9.17) is 22.1 Å². The summed E-state index contributed by atoms with van der Waals surface area (Å²) in [6.45, 7) is 3.70. The second kappa shape index (κ2) is 9.39. The highest BCUT2D eigenvalue weighted by Crippen LogP contribution is 2.33. The molecule has 2 aromatic rings. The Kier molecular flexibility index (Phi) is 7.22. The van der Waals surface area contributed by atoms with Crippen molar-refractivity contribution in [1.29, 1.82) is 0 Å². The lowest BCUT2D eigenvalue weighted by atomic mass is 9.91. The lowest BCUT2D eigenvalue weighted by Gasteiger charge is -2.20. The Balaban J connectivity index is 0.000000326. The highest BCUT2D eigenvalue weighted by Gasteiger charge is 2.20. The van der Waals surface area contributed by atoms with E-state index in [0.717, 1.165) is 29.7 Å². The van der Waals surface area contributed by atoms with Crippen LogP contribution in [0, 0.1) is 0 Å². The third-order valence-electron chi connectivity index (χ3n) is 3.95. The molecule has 0 atom stereocenters. The standard InChI is InChI=1S/C14H12ClN3O.C5H12O/c15-12-7-18-13(16)6-11(12)8-2-1-3-10-9(8)4-5-17-14(10)19;1-3-4-5-6-2/h1-3,6-7H,4-5H2,(H2,16,18)(H,17,19);3-5H2,1-2H3. The Morgan fingerprint density at radius 1 is 1.32 bits per heavy atom. The summed E-state index contributed by atoms with van der Waals surface area (Å²) >= 11 is 6.19. The number of nitrogens with one attached hydrogen (secondary N) is 1. The summed E-state index contributed by atoms with van der Waals surface area (Å²) in [6.07, 6.45) is 4.74. The predicted octanol–water partition coefficient (Wildman–Crippen LogP) is 3.70. The molecule has 5 nitrogen and oxygen atoms in total. The van der Waals surface area contributed by atoms with Crippen molar-refractivity contribution in [3.05, 3.63) is 46.6 Å². The van der Waals surface area contributed by atoms with Crippen molar-refractivity contribution in [3.63, 3.8) is 0 Å². The number of pyridine rings is 1. The molecule has 1 aromatic heterocycles. The molecule has 0 fully saturated rings. The van der Waals surface area contributed by atoms with Crippen LogP contribution in [0.1, 0.15) is 35.7 Å². The number of nitrogens with zero attached hydrogens (tertiary/aromatic N) is 1. The fourth-order valence-electron chi connectivity index (χ4n) is 2.67. The van der Waals surface area contributed by atoms with E-state index < -0.39 is 0 Å². The Morgan fingerprint density at radius 3 is 2.76 bits per heavy atom.